The molecule has 2 aromatic carbocycles. The molecule has 0 radical (unpaired) electrons. The number of nitrogens with one attached hydrogen (secondary N) is 1. The molecule has 0 aliphatic carbocycles. The van der Waals surface area contributed by atoms with E-state index in [1.807, 2.05) is 0 Å². The Morgan fingerprint density at radius 2 is 1.71 bits per heavy atom. The van der Waals surface area contributed by atoms with E-state index in [1.165, 1.54) is 0 Å². The van der Waals surface area contributed by atoms with Crippen LogP contribution in [0, 0.1) is 17.5 Å². The molecule has 0 fully saturated rings. The monoisotopic (exact) mass is 316 g/mol. The van der Waals surface area contributed by atoms with Crippen molar-refractivity contribution in [2.75, 3.05) is 5.73 Å². The van der Waals surface area contributed by atoms with Gasteiger partial charge in [0.2, 0.25) is 10.0 Å². The van der Waals surface area contributed by atoms with Crippen molar-refractivity contribution in [2.45, 2.75) is 11.4 Å². The average Bonchev–Trinajstić information content (AvgIpc) is 2.40. The molecule has 0 atom stereocenters. The van der Waals surface area contributed by atoms with Crippen LogP contribution in [0.5, 0.6) is 0 Å². The first-order valence-corrected chi connectivity index (χ1v) is 7.26. The second kappa shape index (κ2) is 5.74. The predicted molar refractivity (Wildman–Crippen MR) is 71.2 cm³/mol. The van der Waals surface area contributed by atoms with E-state index < -0.39 is 27.5 Å². The van der Waals surface area contributed by atoms with Crippen molar-refractivity contribution >= 4 is 15.7 Å². The molecule has 0 aliphatic heterocycles. The Hall–Kier alpha value is -2.06. The van der Waals surface area contributed by atoms with Crippen LogP contribution in [0.3, 0.4) is 0 Å². The average molecular weight is 316 g/mol. The third-order valence-electron chi connectivity index (χ3n) is 2.75. The Bertz CT molecular complexity index is 779. The Labute approximate surface area is 119 Å². The second-order valence-corrected chi connectivity index (χ2v) is 6.01. The van der Waals surface area contributed by atoms with Crippen LogP contribution in [0.1, 0.15) is 5.56 Å². The number of rotatable bonds is 4. The van der Waals surface area contributed by atoms with E-state index in [-0.39, 0.29) is 22.7 Å². The van der Waals surface area contributed by atoms with Crippen LogP contribution >= 0.6 is 0 Å². The fourth-order valence-electron chi connectivity index (χ4n) is 1.61. The highest BCUT2D eigenvalue weighted by Crippen LogP contribution is 2.17. The normalized spacial score (nSPS) is 11.6. The molecular formula is C13H11F3N2O2S. The van der Waals surface area contributed by atoms with Gasteiger partial charge in [-0.25, -0.2) is 26.3 Å². The summed E-state index contributed by atoms with van der Waals surface area (Å²) in [4.78, 5) is -0.246. The minimum atomic E-state index is -3.98. The molecule has 3 N–H and O–H groups in total. The van der Waals surface area contributed by atoms with E-state index in [1.54, 1.807) is 0 Å². The van der Waals surface area contributed by atoms with Gasteiger partial charge in [-0.3, -0.25) is 0 Å². The van der Waals surface area contributed by atoms with Gasteiger partial charge in [0.15, 0.2) is 0 Å². The number of halogens is 3. The number of nitrogen functional groups attached to an aromatic ring is 1. The number of hydrogen-bond acceptors (Lipinski definition) is 3. The highest BCUT2D eigenvalue weighted by Gasteiger charge is 2.16. The highest BCUT2D eigenvalue weighted by atomic mass is 32.2. The van der Waals surface area contributed by atoms with Crippen LogP contribution in [-0.2, 0) is 16.6 Å². The minimum Gasteiger partial charge on any atom is -0.396 e. The summed E-state index contributed by atoms with van der Waals surface area (Å²) in [5, 5.41) is 0. The molecule has 2 aromatic rings. The van der Waals surface area contributed by atoms with Crippen LogP contribution in [0.4, 0.5) is 18.9 Å². The smallest absolute Gasteiger partial charge is 0.240 e. The van der Waals surface area contributed by atoms with Crippen LogP contribution in [0.15, 0.2) is 41.3 Å². The van der Waals surface area contributed by atoms with Crippen LogP contribution < -0.4 is 10.5 Å². The molecule has 0 spiro atoms. The van der Waals surface area contributed by atoms with Crippen molar-refractivity contribution in [1.29, 1.82) is 0 Å². The van der Waals surface area contributed by atoms with Gasteiger partial charge in [0.1, 0.15) is 17.5 Å². The lowest BCUT2D eigenvalue weighted by molar-refractivity contribution is 0.562. The molecule has 0 saturated carbocycles. The van der Waals surface area contributed by atoms with Crippen LogP contribution in [0.2, 0.25) is 0 Å². The van der Waals surface area contributed by atoms with Crippen molar-refractivity contribution in [1.82, 2.24) is 4.72 Å². The van der Waals surface area contributed by atoms with E-state index in [0.717, 1.165) is 30.3 Å². The topological polar surface area (TPSA) is 72.2 Å². The quantitative estimate of drug-likeness (QED) is 0.849. The Kier molecular flexibility index (Phi) is 4.19. The maximum absolute atomic E-state index is 13.4. The lowest BCUT2D eigenvalue weighted by Gasteiger charge is -2.08. The zero-order valence-corrected chi connectivity index (χ0v) is 11.4. The molecule has 0 saturated heterocycles. The number of nitrogens with two attached hydrogens (primary N) is 1. The standard InChI is InChI=1S/C13H11F3N2O2S/c14-9-2-1-8(12(16)5-9)7-18-21(19,20)10-3-4-11(15)13(17)6-10/h1-6,18H,7,17H2. The van der Waals surface area contributed by atoms with Crippen LogP contribution in [-0.4, -0.2) is 8.42 Å². The molecule has 0 bridgehead atoms. The van der Waals surface area contributed by atoms with Crippen molar-refractivity contribution < 1.29 is 21.6 Å². The van der Waals surface area contributed by atoms with Crippen LogP contribution in [0.25, 0.3) is 0 Å². The first kappa shape index (κ1) is 15.3. The maximum atomic E-state index is 13.4. The van der Waals surface area contributed by atoms with Gasteiger partial charge in [0, 0.05) is 18.2 Å². The molecule has 0 amide bonds. The number of hydrogen-bond donors (Lipinski definition) is 2. The van der Waals surface area contributed by atoms with E-state index in [2.05, 4.69) is 4.72 Å². The lowest BCUT2D eigenvalue weighted by atomic mass is 10.2. The van der Waals surface area contributed by atoms with Gasteiger partial charge in [-0.1, -0.05) is 6.07 Å². The molecule has 112 valence electrons. The van der Waals surface area contributed by atoms with Crippen molar-refractivity contribution in [3.8, 4) is 0 Å². The molecular weight excluding hydrogens is 305 g/mol. The van der Waals surface area contributed by atoms with E-state index >= 15 is 0 Å². The fourth-order valence-corrected chi connectivity index (χ4v) is 2.65. The largest absolute Gasteiger partial charge is 0.396 e. The first-order valence-electron chi connectivity index (χ1n) is 5.78. The maximum Gasteiger partial charge on any atom is 0.240 e. The second-order valence-electron chi connectivity index (χ2n) is 4.24. The fraction of sp³-hybridized carbons (Fsp3) is 0.0769. The third-order valence-corrected chi connectivity index (χ3v) is 4.14. The zero-order chi connectivity index (χ0) is 15.6. The van der Waals surface area contributed by atoms with Gasteiger partial charge in [-0.2, -0.15) is 0 Å². The Morgan fingerprint density at radius 3 is 2.33 bits per heavy atom. The molecule has 0 aromatic heterocycles. The summed E-state index contributed by atoms with van der Waals surface area (Å²) in [6.07, 6.45) is 0. The molecule has 8 heteroatoms. The molecule has 2 rings (SSSR count). The summed E-state index contributed by atoms with van der Waals surface area (Å²) in [5.41, 5.74) is 4.96. The summed E-state index contributed by atoms with van der Waals surface area (Å²) < 4.78 is 65.2. The summed E-state index contributed by atoms with van der Waals surface area (Å²) in [6, 6.07) is 5.71. The lowest BCUT2D eigenvalue weighted by Crippen LogP contribution is -2.24. The summed E-state index contributed by atoms with van der Waals surface area (Å²) in [5.74, 6) is -2.36. The minimum absolute atomic E-state index is 0.0185. The number of anilines is 1. The molecule has 0 unspecified atom stereocenters. The van der Waals surface area contributed by atoms with Gasteiger partial charge in [0.05, 0.1) is 10.6 Å². The third kappa shape index (κ3) is 3.53. The zero-order valence-electron chi connectivity index (χ0n) is 10.6. The molecule has 0 aliphatic rings. The molecule has 4 nitrogen and oxygen atoms in total. The summed E-state index contributed by atoms with van der Waals surface area (Å²) in [7, 11) is -3.98. The predicted octanol–water partition coefficient (Wildman–Crippen LogP) is 2.16. The highest BCUT2D eigenvalue weighted by molar-refractivity contribution is 7.89. The summed E-state index contributed by atoms with van der Waals surface area (Å²) in [6.45, 7) is -0.369. The van der Waals surface area contributed by atoms with Crippen molar-refractivity contribution in [3.63, 3.8) is 0 Å². The van der Waals surface area contributed by atoms with E-state index in [9.17, 15) is 21.6 Å². The van der Waals surface area contributed by atoms with Crippen molar-refractivity contribution in [3.05, 3.63) is 59.4 Å². The van der Waals surface area contributed by atoms with Gasteiger partial charge in [0.25, 0.3) is 0 Å². The van der Waals surface area contributed by atoms with Gasteiger partial charge in [-0.05, 0) is 24.3 Å². The number of benzene rings is 2. The first-order chi connectivity index (χ1) is 9.79. The Balaban J connectivity index is 2.19. The van der Waals surface area contributed by atoms with Gasteiger partial charge < -0.3 is 5.73 Å². The van der Waals surface area contributed by atoms with Gasteiger partial charge in [-0.15, -0.1) is 0 Å². The Morgan fingerprint density at radius 1 is 1.00 bits per heavy atom. The van der Waals surface area contributed by atoms with Crippen molar-refractivity contribution in [2.24, 2.45) is 0 Å². The summed E-state index contributed by atoms with van der Waals surface area (Å²) >= 11 is 0. The number of sulfonamides is 1. The van der Waals surface area contributed by atoms with Gasteiger partial charge >= 0.3 is 0 Å². The molecule has 21 heavy (non-hydrogen) atoms. The SMILES string of the molecule is Nc1cc(S(=O)(=O)NCc2ccc(F)cc2F)ccc1F. The van der Waals surface area contributed by atoms with E-state index in [0.29, 0.717) is 6.07 Å². The molecule has 0 heterocycles. The van der Waals surface area contributed by atoms with E-state index in [4.69, 9.17) is 5.73 Å².